The molecule has 12 aromatic carbocycles. The van der Waals surface area contributed by atoms with E-state index >= 15 is 0 Å². The average Bonchev–Trinajstić information content (AvgIpc) is 3.51. The third-order valence-corrected chi connectivity index (χ3v) is 21.9. The lowest BCUT2D eigenvalue weighted by Crippen LogP contribution is -2.20. The average molecular weight is 1050 g/mol. The maximum atomic E-state index is 2.23. The van der Waals surface area contributed by atoms with Gasteiger partial charge in [-0.25, -0.2) is 0 Å². The van der Waals surface area contributed by atoms with Crippen LogP contribution in [-0.4, -0.2) is 0 Å². The van der Waals surface area contributed by atoms with Crippen molar-refractivity contribution >= 4 is 95.3 Å². The molecule has 0 saturated heterocycles. The van der Waals surface area contributed by atoms with Gasteiger partial charge in [0.2, 0.25) is 0 Å². The second-order valence-electron chi connectivity index (χ2n) is 17.4. The van der Waals surface area contributed by atoms with Crippen molar-refractivity contribution in [3.63, 3.8) is 0 Å². The fourth-order valence-corrected chi connectivity index (χ4v) is 17.9. The summed E-state index contributed by atoms with van der Waals surface area (Å²) in [5.41, 5.74) is 0. The highest BCUT2D eigenvalue weighted by atomic mass is 31.1. The topological polar surface area (TPSA) is 0 Å². The van der Waals surface area contributed by atoms with Gasteiger partial charge in [-0.2, -0.15) is 0 Å². The summed E-state index contributed by atoms with van der Waals surface area (Å²) < 4.78 is 0. The zero-order valence-electron chi connectivity index (χ0n) is 42.4. The van der Waals surface area contributed by atoms with Crippen LogP contribution in [0.3, 0.4) is 0 Å². The van der Waals surface area contributed by atoms with Crippen molar-refractivity contribution in [1.29, 1.82) is 0 Å². The SMILES string of the molecule is c1ccc(P(c2ccccc2)c2ccccc2)cc1.c1ccc(P(c2ccccc2)c2ccccc2)cc1.c1ccc(P(c2ccccc2)c2ccccc2)cc1.c1ccc(P(c2ccccc2)c2ccccc2)cc1. The highest BCUT2D eigenvalue weighted by Crippen LogP contribution is 2.35. The summed E-state index contributed by atoms with van der Waals surface area (Å²) in [5, 5.41) is 16.8. The summed E-state index contributed by atoms with van der Waals surface area (Å²) in [6.45, 7) is 0. The Morgan fingerprint density at radius 3 is 0.224 bits per heavy atom. The van der Waals surface area contributed by atoms with Crippen LogP contribution in [0.4, 0.5) is 0 Å². The number of rotatable bonds is 12. The molecule has 0 N–H and O–H groups in total. The summed E-state index contributed by atoms with van der Waals surface area (Å²) in [6, 6.07) is 129. The molecule has 12 rings (SSSR count). The molecule has 0 aromatic heterocycles. The van der Waals surface area contributed by atoms with Crippen LogP contribution in [0.5, 0.6) is 0 Å². The monoisotopic (exact) mass is 1050 g/mol. The first-order chi connectivity index (χ1) is 37.8. The first-order valence-corrected chi connectivity index (χ1v) is 31.0. The molecule has 76 heavy (non-hydrogen) atoms. The van der Waals surface area contributed by atoms with E-state index in [-0.39, 0.29) is 0 Å². The molecule has 0 atom stereocenters. The molecule has 0 aliphatic carbocycles. The first-order valence-electron chi connectivity index (χ1n) is 25.6. The van der Waals surface area contributed by atoms with Gasteiger partial charge in [0, 0.05) is 0 Å². The van der Waals surface area contributed by atoms with Crippen molar-refractivity contribution in [3.8, 4) is 0 Å². The highest BCUT2D eigenvalue weighted by Gasteiger charge is 2.18. The van der Waals surface area contributed by atoms with E-state index < -0.39 is 31.7 Å². The highest BCUT2D eigenvalue weighted by molar-refractivity contribution is 7.81. The molecule has 0 spiro atoms. The van der Waals surface area contributed by atoms with E-state index in [1.807, 2.05) is 0 Å². The number of hydrogen-bond acceptors (Lipinski definition) is 0. The standard InChI is InChI=1S/4C18H15P/c4*1-4-10-16(11-5-1)19(17-12-6-2-7-13-17)18-14-8-3-9-15-18/h4*1-15H. The van der Waals surface area contributed by atoms with Crippen molar-refractivity contribution in [2.45, 2.75) is 0 Å². The van der Waals surface area contributed by atoms with Gasteiger partial charge in [0.1, 0.15) is 0 Å². The van der Waals surface area contributed by atoms with Gasteiger partial charge in [0.25, 0.3) is 0 Å². The van der Waals surface area contributed by atoms with Gasteiger partial charge in [-0.05, 0) is 95.3 Å². The quantitative estimate of drug-likeness (QED) is 0.107. The van der Waals surface area contributed by atoms with Crippen LogP contribution in [-0.2, 0) is 0 Å². The van der Waals surface area contributed by atoms with Crippen LogP contribution in [0.25, 0.3) is 0 Å². The zero-order chi connectivity index (χ0) is 51.7. The molecule has 0 unspecified atom stereocenters. The first kappa shape index (κ1) is 53.2. The molecule has 0 amide bonds. The lowest BCUT2D eigenvalue weighted by molar-refractivity contribution is 1.74. The van der Waals surface area contributed by atoms with E-state index in [1.165, 1.54) is 63.7 Å². The molecule has 0 aliphatic heterocycles. The summed E-state index contributed by atoms with van der Waals surface area (Å²) >= 11 is 0. The summed E-state index contributed by atoms with van der Waals surface area (Å²) in [5.74, 6) is 0. The molecular formula is C72H60P4. The van der Waals surface area contributed by atoms with Gasteiger partial charge in [0.15, 0.2) is 0 Å². The molecular weight excluding hydrogens is 989 g/mol. The van der Waals surface area contributed by atoms with Crippen LogP contribution in [0.2, 0.25) is 0 Å². The summed E-state index contributed by atoms with van der Waals surface area (Å²) in [7, 11) is -1.78. The van der Waals surface area contributed by atoms with Gasteiger partial charge >= 0.3 is 0 Å². The van der Waals surface area contributed by atoms with E-state index in [9.17, 15) is 0 Å². The maximum Gasteiger partial charge on any atom is -0.0134 e. The van der Waals surface area contributed by atoms with E-state index in [0.29, 0.717) is 0 Å². The second kappa shape index (κ2) is 29.5. The molecule has 4 heteroatoms. The van der Waals surface area contributed by atoms with Crippen molar-refractivity contribution in [2.24, 2.45) is 0 Å². The molecule has 0 bridgehead atoms. The number of hydrogen-bond donors (Lipinski definition) is 0. The van der Waals surface area contributed by atoms with Gasteiger partial charge in [-0.15, -0.1) is 0 Å². The van der Waals surface area contributed by atoms with Crippen molar-refractivity contribution in [2.75, 3.05) is 0 Å². The summed E-state index contributed by atoms with van der Waals surface area (Å²) in [6.07, 6.45) is 0. The predicted molar refractivity (Wildman–Crippen MR) is 341 cm³/mol. The Labute approximate surface area is 456 Å². The second-order valence-corrected chi connectivity index (χ2v) is 26.2. The molecule has 12 aromatic rings. The maximum absolute atomic E-state index is 2.23. The Bertz CT molecular complexity index is 2570. The lowest BCUT2D eigenvalue weighted by Gasteiger charge is -2.18. The molecule has 0 heterocycles. The third kappa shape index (κ3) is 15.2. The molecule has 0 aliphatic rings. The van der Waals surface area contributed by atoms with Gasteiger partial charge in [0.05, 0.1) is 0 Å². The van der Waals surface area contributed by atoms with Gasteiger partial charge in [-0.3, -0.25) is 0 Å². The van der Waals surface area contributed by atoms with E-state index in [4.69, 9.17) is 0 Å². The normalized spacial score (nSPS) is 10.6. The fourth-order valence-electron chi connectivity index (χ4n) is 8.71. The molecule has 0 radical (unpaired) electrons. The molecule has 0 fully saturated rings. The Hall–Kier alpha value is -7.64. The van der Waals surface area contributed by atoms with E-state index in [0.717, 1.165) is 0 Å². The van der Waals surface area contributed by atoms with Crippen LogP contribution < -0.4 is 63.7 Å². The minimum absolute atomic E-state index is 0.446. The predicted octanol–water partition coefficient (Wildman–Crippen LogP) is 13.8. The van der Waals surface area contributed by atoms with Crippen molar-refractivity contribution in [3.05, 3.63) is 364 Å². The Kier molecular flexibility index (Phi) is 20.6. The van der Waals surface area contributed by atoms with Gasteiger partial charge < -0.3 is 0 Å². The molecule has 368 valence electrons. The minimum Gasteiger partial charge on any atom is -0.0622 e. The zero-order valence-corrected chi connectivity index (χ0v) is 46.0. The van der Waals surface area contributed by atoms with E-state index in [1.54, 1.807) is 0 Å². The Morgan fingerprint density at radius 2 is 0.158 bits per heavy atom. The Balaban J connectivity index is 0.000000124. The van der Waals surface area contributed by atoms with Gasteiger partial charge in [-0.1, -0.05) is 364 Å². The van der Waals surface area contributed by atoms with Crippen molar-refractivity contribution in [1.82, 2.24) is 0 Å². The Morgan fingerprint density at radius 1 is 0.0921 bits per heavy atom. The lowest BCUT2D eigenvalue weighted by atomic mass is 10.4. The summed E-state index contributed by atoms with van der Waals surface area (Å²) in [4.78, 5) is 0. The van der Waals surface area contributed by atoms with Crippen LogP contribution in [0.15, 0.2) is 364 Å². The van der Waals surface area contributed by atoms with Crippen LogP contribution >= 0.6 is 31.7 Å². The third-order valence-electron chi connectivity index (χ3n) is 12.2. The van der Waals surface area contributed by atoms with Crippen LogP contribution in [0.1, 0.15) is 0 Å². The van der Waals surface area contributed by atoms with E-state index in [2.05, 4.69) is 364 Å². The molecule has 0 saturated carbocycles. The minimum atomic E-state index is -0.446. The largest absolute Gasteiger partial charge is 0.0622 e. The number of benzene rings is 12. The fraction of sp³-hybridized carbons (Fsp3) is 0. The molecule has 0 nitrogen and oxygen atoms in total. The van der Waals surface area contributed by atoms with Crippen LogP contribution in [0, 0.1) is 0 Å². The van der Waals surface area contributed by atoms with Crippen molar-refractivity contribution < 1.29 is 0 Å². The smallest absolute Gasteiger partial charge is 0.0134 e.